The van der Waals surface area contributed by atoms with E-state index in [-0.39, 0.29) is 18.2 Å². The van der Waals surface area contributed by atoms with E-state index in [2.05, 4.69) is 10.2 Å². The van der Waals surface area contributed by atoms with E-state index in [1.165, 1.54) is 0 Å². The van der Waals surface area contributed by atoms with Crippen LogP contribution in [0.25, 0.3) is 11.3 Å². The molecule has 1 saturated heterocycles. The molecule has 0 bridgehead atoms. The maximum Gasteiger partial charge on any atom is 0.271 e. The van der Waals surface area contributed by atoms with Crippen molar-refractivity contribution in [3.05, 3.63) is 71.9 Å². The molecule has 8 heteroatoms. The molecule has 0 aliphatic carbocycles. The van der Waals surface area contributed by atoms with Crippen LogP contribution < -0.4 is 4.74 Å². The Morgan fingerprint density at radius 3 is 2.67 bits per heavy atom. The molecule has 156 valence electrons. The number of aromatic amines is 1. The van der Waals surface area contributed by atoms with E-state index in [0.717, 1.165) is 11.1 Å². The van der Waals surface area contributed by atoms with Crippen molar-refractivity contribution in [3.63, 3.8) is 0 Å². The molecule has 30 heavy (non-hydrogen) atoms. The van der Waals surface area contributed by atoms with Gasteiger partial charge < -0.3 is 9.64 Å². The first-order chi connectivity index (χ1) is 14.5. The number of methoxy groups -OCH3 is 1. The number of hydrogen-bond acceptors (Lipinski definition) is 5. The number of carbonyl (C=O) groups is 1. The minimum absolute atomic E-state index is 0.0603. The van der Waals surface area contributed by atoms with Crippen LogP contribution in [-0.4, -0.2) is 55.4 Å². The molecule has 2 aromatic carbocycles. The summed E-state index contributed by atoms with van der Waals surface area (Å²) in [5.41, 5.74) is 2.56. The average Bonchev–Trinajstić information content (AvgIpc) is 3.20. The zero-order valence-corrected chi connectivity index (χ0v) is 17.4. The minimum Gasteiger partial charge on any atom is -0.497 e. The molecule has 1 atom stereocenters. The van der Waals surface area contributed by atoms with Crippen molar-refractivity contribution in [2.45, 2.75) is 11.7 Å². The highest BCUT2D eigenvalue weighted by Crippen LogP contribution is 2.30. The van der Waals surface area contributed by atoms with Crippen LogP contribution >= 0.6 is 0 Å². The number of ether oxygens (including phenoxy) is 1. The Morgan fingerprint density at radius 2 is 1.90 bits per heavy atom. The molecule has 1 aromatic heterocycles. The highest BCUT2D eigenvalue weighted by molar-refractivity contribution is 7.91. The summed E-state index contributed by atoms with van der Waals surface area (Å²) < 4.78 is 30.8. The van der Waals surface area contributed by atoms with Crippen molar-refractivity contribution in [2.75, 3.05) is 26.0 Å². The van der Waals surface area contributed by atoms with Crippen molar-refractivity contribution in [1.82, 2.24) is 15.1 Å². The Labute approximate surface area is 175 Å². The monoisotopic (exact) mass is 425 g/mol. The topological polar surface area (TPSA) is 92.4 Å². The molecular formula is C22H23N3O4S. The smallest absolute Gasteiger partial charge is 0.271 e. The fourth-order valence-corrected chi connectivity index (χ4v) is 5.52. The third kappa shape index (κ3) is 4.09. The number of nitrogens with zero attached hydrogens (tertiary/aromatic N) is 2. The van der Waals surface area contributed by atoms with Crippen LogP contribution in [0.1, 0.15) is 27.7 Å². The molecule has 3 aromatic rings. The van der Waals surface area contributed by atoms with Crippen molar-refractivity contribution in [3.8, 4) is 17.0 Å². The molecular weight excluding hydrogens is 402 g/mol. The van der Waals surface area contributed by atoms with Gasteiger partial charge in [0, 0.05) is 18.7 Å². The fraction of sp³-hybridized carbons (Fsp3) is 0.273. The summed E-state index contributed by atoms with van der Waals surface area (Å²) >= 11 is 0. The van der Waals surface area contributed by atoms with E-state index in [9.17, 15) is 13.2 Å². The molecule has 1 N–H and O–H groups in total. The van der Waals surface area contributed by atoms with Crippen LogP contribution in [0.3, 0.4) is 0 Å². The van der Waals surface area contributed by atoms with Crippen molar-refractivity contribution in [1.29, 1.82) is 0 Å². The van der Waals surface area contributed by atoms with Gasteiger partial charge in [0.15, 0.2) is 9.84 Å². The standard InChI is InChI=1S/C22H23N3O4S/c1-29-18-9-5-8-17(14-18)19-15-20(24-23-19)22(26)25-11-10-21(30(27,28)13-12-25)16-6-3-2-4-7-16/h2-9,14-15,21H,10-13H2,1H3,(H,23,24). The lowest BCUT2D eigenvalue weighted by Crippen LogP contribution is -2.33. The average molecular weight is 426 g/mol. The molecule has 2 heterocycles. The zero-order valence-electron chi connectivity index (χ0n) is 16.6. The van der Waals surface area contributed by atoms with E-state index < -0.39 is 15.1 Å². The van der Waals surface area contributed by atoms with E-state index >= 15 is 0 Å². The summed E-state index contributed by atoms with van der Waals surface area (Å²) in [7, 11) is -1.75. The van der Waals surface area contributed by atoms with Gasteiger partial charge in [0.05, 0.1) is 23.8 Å². The van der Waals surface area contributed by atoms with Gasteiger partial charge in [0.25, 0.3) is 5.91 Å². The lowest BCUT2D eigenvalue weighted by molar-refractivity contribution is 0.0760. The van der Waals surface area contributed by atoms with Gasteiger partial charge in [0.2, 0.25) is 0 Å². The maximum atomic E-state index is 13.0. The van der Waals surface area contributed by atoms with Gasteiger partial charge in [-0.1, -0.05) is 42.5 Å². The predicted octanol–water partition coefficient (Wildman–Crippen LogP) is 3.09. The molecule has 7 nitrogen and oxygen atoms in total. The number of hydrogen-bond donors (Lipinski definition) is 1. The number of sulfone groups is 1. The quantitative estimate of drug-likeness (QED) is 0.693. The summed E-state index contributed by atoms with van der Waals surface area (Å²) in [4.78, 5) is 14.6. The normalized spacial score (nSPS) is 18.6. The van der Waals surface area contributed by atoms with Crippen LogP contribution in [0.5, 0.6) is 5.75 Å². The zero-order chi connectivity index (χ0) is 21.1. The fourth-order valence-electron chi connectivity index (χ4n) is 3.72. The number of benzene rings is 2. The summed E-state index contributed by atoms with van der Waals surface area (Å²) in [6.45, 7) is 0.531. The maximum absolute atomic E-state index is 13.0. The van der Waals surface area contributed by atoms with Crippen molar-refractivity contribution >= 4 is 15.7 Å². The van der Waals surface area contributed by atoms with Crippen LogP contribution in [0.4, 0.5) is 0 Å². The summed E-state index contributed by atoms with van der Waals surface area (Å²) in [6, 6.07) is 18.3. The van der Waals surface area contributed by atoms with Crippen LogP contribution in [0, 0.1) is 0 Å². The van der Waals surface area contributed by atoms with Crippen LogP contribution in [-0.2, 0) is 9.84 Å². The van der Waals surface area contributed by atoms with Crippen LogP contribution in [0.15, 0.2) is 60.7 Å². The number of H-pyrrole nitrogens is 1. The SMILES string of the molecule is COc1cccc(-c2cc(C(=O)N3CCC(c4ccccc4)S(=O)(=O)CC3)[nH]n2)c1. The van der Waals surface area contributed by atoms with Gasteiger partial charge in [-0.25, -0.2) is 8.42 Å². The van der Waals surface area contributed by atoms with Crippen molar-refractivity contribution < 1.29 is 17.9 Å². The second-order valence-electron chi connectivity index (χ2n) is 7.25. The van der Waals surface area contributed by atoms with E-state index in [0.29, 0.717) is 30.1 Å². The molecule has 0 spiro atoms. The molecule has 1 fully saturated rings. The van der Waals surface area contributed by atoms with Gasteiger partial charge in [0.1, 0.15) is 11.4 Å². The summed E-state index contributed by atoms with van der Waals surface area (Å²) in [5, 5.41) is 6.45. The van der Waals surface area contributed by atoms with E-state index in [4.69, 9.17) is 4.74 Å². The van der Waals surface area contributed by atoms with Gasteiger partial charge in [-0.3, -0.25) is 9.89 Å². The van der Waals surface area contributed by atoms with Gasteiger partial charge in [-0.15, -0.1) is 0 Å². The van der Waals surface area contributed by atoms with Crippen LogP contribution in [0.2, 0.25) is 0 Å². The molecule has 1 aliphatic rings. The third-order valence-corrected chi connectivity index (χ3v) is 7.50. The molecule has 1 unspecified atom stereocenters. The Hall–Kier alpha value is -3.13. The minimum atomic E-state index is -3.34. The van der Waals surface area contributed by atoms with E-state index in [1.807, 2.05) is 54.6 Å². The highest BCUT2D eigenvalue weighted by atomic mass is 32.2. The first kappa shape index (κ1) is 20.2. The number of carbonyl (C=O) groups excluding carboxylic acids is 1. The highest BCUT2D eigenvalue weighted by Gasteiger charge is 2.33. The Morgan fingerprint density at radius 1 is 1.10 bits per heavy atom. The first-order valence-electron chi connectivity index (χ1n) is 9.73. The second-order valence-corrected chi connectivity index (χ2v) is 9.55. The summed E-state index contributed by atoms with van der Waals surface area (Å²) in [5.74, 6) is 0.392. The third-order valence-electron chi connectivity index (χ3n) is 5.37. The lowest BCUT2D eigenvalue weighted by Gasteiger charge is -2.19. The second kappa shape index (κ2) is 8.31. The van der Waals surface area contributed by atoms with Gasteiger partial charge in [-0.05, 0) is 30.2 Å². The molecule has 0 saturated carbocycles. The molecule has 1 aliphatic heterocycles. The first-order valence-corrected chi connectivity index (χ1v) is 11.4. The largest absolute Gasteiger partial charge is 0.497 e. The Balaban J connectivity index is 1.52. The number of aromatic nitrogens is 2. The summed E-state index contributed by atoms with van der Waals surface area (Å²) in [6.07, 6.45) is 0.370. The van der Waals surface area contributed by atoms with E-state index in [1.54, 1.807) is 18.1 Å². The van der Waals surface area contributed by atoms with Gasteiger partial charge >= 0.3 is 0 Å². The Kier molecular flexibility index (Phi) is 5.59. The lowest BCUT2D eigenvalue weighted by atomic mass is 10.1. The number of rotatable bonds is 4. The molecule has 0 radical (unpaired) electrons. The Bertz CT molecular complexity index is 1140. The van der Waals surface area contributed by atoms with Crippen molar-refractivity contribution in [2.24, 2.45) is 0 Å². The number of amides is 1. The molecule has 1 amide bonds. The van der Waals surface area contributed by atoms with Gasteiger partial charge in [-0.2, -0.15) is 5.10 Å². The molecule has 4 rings (SSSR count). The predicted molar refractivity (Wildman–Crippen MR) is 114 cm³/mol. The number of nitrogens with one attached hydrogen (secondary N) is 1.